The Hall–Kier alpha value is -0.600. The summed E-state index contributed by atoms with van der Waals surface area (Å²) in [4.78, 5) is 0. The Balaban J connectivity index is 2.89. The van der Waals surface area contributed by atoms with Gasteiger partial charge in [-0.1, -0.05) is 44.9 Å². The quantitative estimate of drug-likeness (QED) is 0.739. The maximum atomic E-state index is 13.6. The minimum absolute atomic E-state index is 0.191. The monoisotopic (exact) mass is 271 g/mol. The standard InChI is InChI=1S/C15H23ClFN/c1-4-6-11(3)15(18-9-5-2)12-7-8-13(16)14(17)10-12/h7-8,10-11,15,18H,4-6,9H2,1-3H3. The van der Waals surface area contributed by atoms with Gasteiger partial charge in [-0.2, -0.15) is 0 Å². The molecule has 0 amide bonds. The Morgan fingerprint density at radius 3 is 2.56 bits per heavy atom. The molecule has 1 nitrogen and oxygen atoms in total. The molecule has 1 aromatic carbocycles. The van der Waals surface area contributed by atoms with Crippen molar-refractivity contribution in [1.82, 2.24) is 5.32 Å². The predicted molar refractivity (Wildman–Crippen MR) is 76.5 cm³/mol. The predicted octanol–water partition coefficient (Wildman–Crippen LogP) is 4.96. The van der Waals surface area contributed by atoms with E-state index in [-0.39, 0.29) is 16.9 Å². The smallest absolute Gasteiger partial charge is 0.142 e. The third-order valence-corrected chi connectivity index (χ3v) is 3.54. The zero-order chi connectivity index (χ0) is 13.5. The second-order valence-corrected chi connectivity index (χ2v) is 5.28. The second kappa shape index (κ2) is 7.75. The first kappa shape index (κ1) is 15.5. The molecule has 0 aromatic heterocycles. The number of halogens is 2. The third kappa shape index (κ3) is 4.25. The van der Waals surface area contributed by atoms with E-state index in [4.69, 9.17) is 11.6 Å². The summed E-state index contributed by atoms with van der Waals surface area (Å²) in [5, 5.41) is 3.70. The average Bonchev–Trinajstić information content (AvgIpc) is 2.34. The van der Waals surface area contributed by atoms with Crippen LogP contribution in [0.4, 0.5) is 4.39 Å². The van der Waals surface area contributed by atoms with Crippen LogP contribution in [0.3, 0.4) is 0 Å². The fourth-order valence-corrected chi connectivity index (χ4v) is 2.39. The molecule has 102 valence electrons. The van der Waals surface area contributed by atoms with Gasteiger partial charge >= 0.3 is 0 Å². The van der Waals surface area contributed by atoms with Crippen molar-refractivity contribution in [2.75, 3.05) is 6.54 Å². The molecule has 0 saturated heterocycles. The van der Waals surface area contributed by atoms with Crippen LogP contribution >= 0.6 is 11.6 Å². The van der Waals surface area contributed by atoms with Gasteiger partial charge in [0.05, 0.1) is 5.02 Å². The molecular formula is C15H23ClFN. The van der Waals surface area contributed by atoms with Crippen LogP contribution < -0.4 is 5.32 Å². The number of benzene rings is 1. The molecule has 0 heterocycles. The molecule has 0 fully saturated rings. The second-order valence-electron chi connectivity index (χ2n) is 4.87. The van der Waals surface area contributed by atoms with Gasteiger partial charge in [0.2, 0.25) is 0 Å². The van der Waals surface area contributed by atoms with Crippen molar-refractivity contribution in [3.8, 4) is 0 Å². The summed E-state index contributed by atoms with van der Waals surface area (Å²) in [6.07, 6.45) is 3.35. The van der Waals surface area contributed by atoms with Crippen LogP contribution in [-0.2, 0) is 0 Å². The fraction of sp³-hybridized carbons (Fsp3) is 0.600. The molecule has 1 N–H and O–H groups in total. The van der Waals surface area contributed by atoms with Gasteiger partial charge in [-0.15, -0.1) is 0 Å². The molecule has 2 unspecified atom stereocenters. The van der Waals surface area contributed by atoms with Crippen LogP contribution in [0.5, 0.6) is 0 Å². The molecule has 2 atom stereocenters. The van der Waals surface area contributed by atoms with Crippen molar-refractivity contribution in [3.05, 3.63) is 34.6 Å². The van der Waals surface area contributed by atoms with E-state index in [9.17, 15) is 4.39 Å². The van der Waals surface area contributed by atoms with E-state index in [1.54, 1.807) is 12.1 Å². The Morgan fingerprint density at radius 1 is 1.28 bits per heavy atom. The highest BCUT2D eigenvalue weighted by molar-refractivity contribution is 6.30. The first-order valence-corrected chi connectivity index (χ1v) is 7.16. The van der Waals surface area contributed by atoms with Crippen LogP contribution in [-0.4, -0.2) is 6.54 Å². The zero-order valence-corrected chi connectivity index (χ0v) is 12.2. The average molecular weight is 272 g/mol. The van der Waals surface area contributed by atoms with E-state index in [1.165, 1.54) is 0 Å². The number of nitrogens with one attached hydrogen (secondary N) is 1. The Kier molecular flexibility index (Phi) is 6.66. The van der Waals surface area contributed by atoms with Gasteiger partial charge in [-0.05, 0) is 43.0 Å². The maximum Gasteiger partial charge on any atom is 0.142 e. The van der Waals surface area contributed by atoms with Crippen molar-refractivity contribution in [2.24, 2.45) is 5.92 Å². The first-order valence-electron chi connectivity index (χ1n) is 6.78. The minimum atomic E-state index is -0.332. The Bertz CT molecular complexity index is 368. The lowest BCUT2D eigenvalue weighted by Crippen LogP contribution is -2.27. The highest BCUT2D eigenvalue weighted by atomic mass is 35.5. The molecule has 18 heavy (non-hydrogen) atoms. The molecule has 0 spiro atoms. The van der Waals surface area contributed by atoms with Gasteiger partial charge in [0, 0.05) is 6.04 Å². The minimum Gasteiger partial charge on any atom is -0.310 e. The molecule has 0 aliphatic heterocycles. The summed E-state index contributed by atoms with van der Waals surface area (Å²) in [6.45, 7) is 7.47. The molecule has 0 saturated carbocycles. The van der Waals surface area contributed by atoms with Gasteiger partial charge in [0.15, 0.2) is 0 Å². The van der Waals surface area contributed by atoms with Crippen LogP contribution in [0, 0.1) is 11.7 Å². The lowest BCUT2D eigenvalue weighted by molar-refractivity contribution is 0.362. The SMILES string of the molecule is CCCNC(c1ccc(Cl)c(F)c1)C(C)CCC. The zero-order valence-electron chi connectivity index (χ0n) is 11.5. The lowest BCUT2D eigenvalue weighted by Gasteiger charge is -2.25. The number of hydrogen-bond acceptors (Lipinski definition) is 1. The molecule has 0 aliphatic rings. The van der Waals surface area contributed by atoms with Gasteiger partial charge in [-0.3, -0.25) is 0 Å². The van der Waals surface area contributed by atoms with E-state index < -0.39 is 0 Å². The summed E-state index contributed by atoms with van der Waals surface area (Å²) < 4.78 is 13.6. The number of hydrogen-bond donors (Lipinski definition) is 1. The molecule has 0 aliphatic carbocycles. The molecule has 1 aromatic rings. The summed E-state index contributed by atoms with van der Waals surface area (Å²) >= 11 is 5.74. The van der Waals surface area contributed by atoms with E-state index in [0.717, 1.165) is 31.4 Å². The van der Waals surface area contributed by atoms with Gasteiger partial charge < -0.3 is 5.32 Å². The number of rotatable bonds is 7. The molecule has 1 rings (SSSR count). The molecular weight excluding hydrogens is 249 g/mol. The fourth-order valence-electron chi connectivity index (χ4n) is 2.28. The summed E-state index contributed by atoms with van der Waals surface area (Å²) in [5.74, 6) is 0.156. The van der Waals surface area contributed by atoms with Crippen molar-refractivity contribution < 1.29 is 4.39 Å². The van der Waals surface area contributed by atoms with E-state index >= 15 is 0 Å². The first-order chi connectivity index (χ1) is 8.60. The topological polar surface area (TPSA) is 12.0 Å². The van der Waals surface area contributed by atoms with Crippen molar-refractivity contribution in [2.45, 2.75) is 46.1 Å². The highest BCUT2D eigenvalue weighted by Gasteiger charge is 2.18. The van der Waals surface area contributed by atoms with Gasteiger partial charge in [0.1, 0.15) is 5.82 Å². The summed E-state index contributed by atoms with van der Waals surface area (Å²) in [7, 11) is 0. The molecule has 3 heteroatoms. The largest absolute Gasteiger partial charge is 0.310 e. The van der Waals surface area contributed by atoms with Crippen LogP contribution in [0.1, 0.15) is 51.6 Å². The third-order valence-electron chi connectivity index (χ3n) is 3.23. The van der Waals surface area contributed by atoms with Gasteiger partial charge in [0.25, 0.3) is 0 Å². The van der Waals surface area contributed by atoms with E-state index in [1.807, 2.05) is 6.07 Å². The van der Waals surface area contributed by atoms with Gasteiger partial charge in [-0.25, -0.2) is 4.39 Å². The highest BCUT2D eigenvalue weighted by Crippen LogP contribution is 2.28. The maximum absolute atomic E-state index is 13.6. The summed E-state index contributed by atoms with van der Waals surface area (Å²) in [6, 6.07) is 5.33. The van der Waals surface area contributed by atoms with E-state index in [2.05, 4.69) is 26.1 Å². The summed E-state index contributed by atoms with van der Waals surface area (Å²) in [5.41, 5.74) is 0.992. The van der Waals surface area contributed by atoms with Crippen LogP contribution in [0.15, 0.2) is 18.2 Å². The molecule has 0 bridgehead atoms. The Morgan fingerprint density at radius 2 is 2.00 bits per heavy atom. The van der Waals surface area contributed by atoms with Crippen molar-refractivity contribution >= 4 is 11.6 Å². The van der Waals surface area contributed by atoms with Crippen molar-refractivity contribution in [3.63, 3.8) is 0 Å². The molecule has 0 radical (unpaired) electrons. The normalized spacial score (nSPS) is 14.5. The van der Waals surface area contributed by atoms with Crippen molar-refractivity contribution in [1.29, 1.82) is 0 Å². The lowest BCUT2D eigenvalue weighted by atomic mass is 9.91. The van der Waals surface area contributed by atoms with Crippen LogP contribution in [0.25, 0.3) is 0 Å². The van der Waals surface area contributed by atoms with Crippen LogP contribution in [0.2, 0.25) is 5.02 Å². The van der Waals surface area contributed by atoms with E-state index in [0.29, 0.717) is 5.92 Å². The Labute approximate surface area is 115 Å².